The normalized spacial score (nSPS) is 15.8. The van der Waals surface area contributed by atoms with Gasteiger partial charge in [0.25, 0.3) is 0 Å². The molecule has 0 amide bonds. The molecule has 7 heteroatoms. The van der Waals surface area contributed by atoms with E-state index < -0.39 is 0 Å². The average molecular weight is 348 g/mol. The molecule has 1 fully saturated rings. The lowest BCUT2D eigenvalue weighted by Crippen LogP contribution is -2.34. The number of aromatic nitrogens is 5. The van der Waals surface area contributed by atoms with Crippen LogP contribution in [-0.2, 0) is 0 Å². The first-order valence-electron chi connectivity index (χ1n) is 8.75. The number of hydrogen-bond acceptors (Lipinski definition) is 5. The van der Waals surface area contributed by atoms with Crippen LogP contribution < -0.4 is 4.90 Å². The van der Waals surface area contributed by atoms with Gasteiger partial charge in [-0.1, -0.05) is 12.1 Å². The van der Waals surface area contributed by atoms with Crippen molar-refractivity contribution in [3.05, 3.63) is 60.6 Å². The molecule has 1 aliphatic heterocycles. The number of halogens is 1. The van der Waals surface area contributed by atoms with Crippen LogP contribution in [0, 0.1) is 5.82 Å². The maximum atomic E-state index is 14.0. The van der Waals surface area contributed by atoms with E-state index in [1.807, 2.05) is 30.5 Å². The second-order valence-corrected chi connectivity index (χ2v) is 6.58. The summed E-state index contributed by atoms with van der Waals surface area (Å²) in [7, 11) is 0. The van der Waals surface area contributed by atoms with Crippen LogP contribution in [0.4, 0.5) is 10.2 Å². The molecule has 1 aliphatic rings. The fourth-order valence-corrected chi connectivity index (χ4v) is 3.78. The number of fused-ring (bicyclic) bond motifs is 2. The first-order chi connectivity index (χ1) is 12.8. The summed E-state index contributed by atoms with van der Waals surface area (Å²) in [6, 6.07) is 11.0. The molecule has 6 nitrogen and oxygen atoms in total. The maximum absolute atomic E-state index is 14.0. The predicted molar refractivity (Wildman–Crippen MR) is 96.7 cm³/mol. The highest BCUT2D eigenvalue weighted by atomic mass is 19.1. The molecule has 0 aliphatic carbocycles. The average Bonchev–Trinajstić information content (AvgIpc) is 3.12. The van der Waals surface area contributed by atoms with Crippen molar-refractivity contribution < 1.29 is 4.39 Å². The third-order valence-corrected chi connectivity index (χ3v) is 5.09. The molecule has 3 aromatic heterocycles. The first-order valence-corrected chi connectivity index (χ1v) is 8.75. The van der Waals surface area contributed by atoms with Gasteiger partial charge in [0.2, 0.25) is 0 Å². The van der Waals surface area contributed by atoms with E-state index in [-0.39, 0.29) is 5.82 Å². The lowest BCUT2D eigenvalue weighted by molar-refractivity contribution is 0.481. The first kappa shape index (κ1) is 15.2. The maximum Gasteiger partial charge on any atom is 0.160 e. The van der Waals surface area contributed by atoms with Crippen molar-refractivity contribution in [2.75, 3.05) is 18.0 Å². The van der Waals surface area contributed by atoms with E-state index in [0.29, 0.717) is 11.4 Å². The van der Waals surface area contributed by atoms with Crippen molar-refractivity contribution in [2.45, 2.75) is 18.8 Å². The number of piperidine rings is 1. The van der Waals surface area contributed by atoms with Gasteiger partial charge in [0.05, 0.1) is 0 Å². The summed E-state index contributed by atoms with van der Waals surface area (Å²) in [5.41, 5.74) is 1.25. The van der Waals surface area contributed by atoms with Crippen LogP contribution >= 0.6 is 0 Å². The molecule has 5 rings (SSSR count). The predicted octanol–water partition coefficient (Wildman–Crippen LogP) is 3.20. The second-order valence-electron chi connectivity index (χ2n) is 6.58. The fraction of sp³-hybridized carbons (Fsp3) is 0.263. The van der Waals surface area contributed by atoms with Gasteiger partial charge in [-0.3, -0.25) is 4.40 Å². The van der Waals surface area contributed by atoms with E-state index in [2.05, 4.69) is 29.5 Å². The highest BCUT2D eigenvalue weighted by molar-refractivity contribution is 5.89. The zero-order valence-electron chi connectivity index (χ0n) is 14.1. The van der Waals surface area contributed by atoms with Crippen molar-refractivity contribution >= 4 is 22.4 Å². The Labute approximate surface area is 149 Å². The molecule has 0 saturated carbocycles. The largest absolute Gasteiger partial charge is 0.356 e. The molecule has 0 bridgehead atoms. The molecule has 1 saturated heterocycles. The molecule has 0 unspecified atom stereocenters. The Balaban J connectivity index is 1.42. The van der Waals surface area contributed by atoms with E-state index >= 15 is 0 Å². The molecule has 0 radical (unpaired) electrons. The summed E-state index contributed by atoms with van der Waals surface area (Å²) in [5, 5.41) is 9.42. The molecule has 0 atom stereocenters. The van der Waals surface area contributed by atoms with Crippen LogP contribution in [0.25, 0.3) is 16.6 Å². The summed E-state index contributed by atoms with van der Waals surface area (Å²) in [6.07, 6.45) is 5.36. The molecular weight excluding hydrogens is 331 g/mol. The molecule has 26 heavy (non-hydrogen) atoms. The van der Waals surface area contributed by atoms with Gasteiger partial charge in [0.15, 0.2) is 5.65 Å². The van der Waals surface area contributed by atoms with Crippen molar-refractivity contribution in [3.63, 3.8) is 0 Å². The van der Waals surface area contributed by atoms with E-state index in [1.165, 1.54) is 12.4 Å². The molecule has 130 valence electrons. The van der Waals surface area contributed by atoms with E-state index in [1.54, 1.807) is 6.07 Å². The molecule has 1 aromatic carbocycles. The Morgan fingerprint density at radius 1 is 0.962 bits per heavy atom. The number of para-hydroxylation sites is 1. The van der Waals surface area contributed by atoms with Gasteiger partial charge >= 0.3 is 0 Å². The lowest BCUT2D eigenvalue weighted by Gasteiger charge is -2.32. The van der Waals surface area contributed by atoms with Crippen molar-refractivity contribution in [2.24, 2.45) is 0 Å². The Hall–Kier alpha value is -3.09. The van der Waals surface area contributed by atoms with Crippen LogP contribution in [-0.4, -0.2) is 37.7 Å². The standard InChI is InChI=1S/C19H17FN6/c20-15-5-3-4-14-17(15)21-12-22-19(14)25-10-7-13(8-11-25)18-24-23-16-6-1-2-9-26(16)18/h1-6,9,12-13H,7-8,10-11H2. The van der Waals surface area contributed by atoms with E-state index in [9.17, 15) is 4.39 Å². The van der Waals surface area contributed by atoms with E-state index in [0.717, 1.165) is 48.6 Å². The minimum absolute atomic E-state index is 0.309. The Bertz CT molecular complexity index is 1080. The van der Waals surface area contributed by atoms with Crippen LogP contribution in [0.5, 0.6) is 0 Å². The smallest absolute Gasteiger partial charge is 0.160 e. The number of hydrogen-bond donors (Lipinski definition) is 0. The Kier molecular flexibility index (Phi) is 3.51. The van der Waals surface area contributed by atoms with Gasteiger partial charge in [-0.15, -0.1) is 10.2 Å². The van der Waals surface area contributed by atoms with Crippen molar-refractivity contribution in [1.29, 1.82) is 0 Å². The summed E-state index contributed by atoms with van der Waals surface area (Å²) >= 11 is 0. The number of benzene rings is 1. The zero-order chi connectivity index (χ0) is 17.5. The molecule has 0 N–H and O–H groups in total. The zero-order valence-corrected chi connectivity index (χ0v) is 14.1. The molecule has 4 aromatic rings. The molecular formula is C19H17FN6. The van der Waals surface area contributed by atoms with Gasteiger partial charge in [0.1, 0.15) is 29.3 Å². The third-order valence-electron chi connectivity index (χ3n) is 5.09. The summed E-state index contributed by atoms with van der Waals surface area (Å²) in [4.78, 5) is 10.7. The summed E-state index contributed by atoms with van der Waals surface area (Å²) < 4.78 is 16.1. The van der Waals surface area contributed by atoms with Crippen LogP contribution in [0.1, 0.15) is 24.6 Å². The lowest BCUT2D eigenvalue weighted by atomic mass is 9.95. The van der Waals surface area contributed by atoms with Gasteiger partial charge < -0.3 is 4.90 Å². The van der Waals surface area contributed by atoms with Crippen LogP contribution in [0.3, 0.4) is 0 Å². The number of pyridine rings is 1. The number of rotatable bonds is 2. The van der Waals surface area contributed by atoms with Crippen LogP contribution in [0.15, 0.2) is 48.9 Å². The fourth-order valence-electron chi connectivity index (χ4n) is 3.78. The molecule has 0 spiro atoms. The highest BCUT2D eigenvalue weighted by Gasteiger charge is 2.26. The summed E-state index contributed by atoms with van der Waals surface area (Å²) in [5.74, 6) is 1.86. The topological polar surface area (TPSA) is 59.2 Å². The van der Waals surface area contributed by atoms with Gasteiger partial charge in [-0.2, -0.15) is 0 Å². The van der Waals surface area contributed by atoms with Gasteiger partial charge in [-0.05, 0) is 37.1 Å². The minimum atomic E-state index is -0.309. The van der Waals surface area contributed by atoms with Gasteiger partial charge in [0, 0.05) is 30.6 Å². The van der Waals surface area contributed by atoms with Crippen molar-refractivity contribution in [3.8, 4) is 0 Å². The molecule has 4 heterocycles. The van der Waals surface area contributed by atoms with Gasteiger partial charge in [-0.25, -0.2) is 14.4 Å². The van der Waals surface area contributed by atoms with Crippen molar-refractivity contribution in [1.82, 2.24) is 24.6 Å². The van der Waals surface area contributed by atoms with Crippen LogP contribution in [0.2, 0.25) is 0 Å². The Morgan fingerprint density at radius 3 is 2.73 bits per heavy atom. The third kappa shape index (κ3) is 2.39. The highest BCUT2D eigenvalue weighted by Crippen LogP contribution is 2.32. The summed E-state index contributed by atoms with van der Waals surface area (Å²) in [6.45, 7) is 1.68. The second kappa shape index (κ2) is 6.01. The monoisotopic (exact) mass is 348 g/mol. The number of nitrogens with zero attached hydrogens (tertiary/aromatic N) is 6. The SMILES string of the molecule is Fc1cccc2c(N3CCC(c4nnc5ccccn45)CC3)ncnc12. The number of anilines is 1. The minimum Gasteiger partial charge on any atom is -0.356 e. The Morgan fingerprint density at radius 2 is 1.85 bits per heavy atom. The van der Waals surface area contributed by atoms with E-state index in [4.69, 9.17) is 0 Å². The quantitative estimate of drug-likeness (QED) is 0.557.